The molecule has 0 radical (unpaired) electrons. The Morgan fingerprint density at radius 3 is 2.33 bits per heavy atom. The van der Waals surface area contributed by atoms with E-state index in [1.165, 1.54) is 19.3 Å². The molecular weight excluding hydrogens is 378 g/mol. The van der Waals surface area contributed by atoms with Crippen molar-refractivity contribution in [1.29, 1.82) is 0 Å². The van der Waals surface area contributed by atoms with Gasteiger partial charge in [0.2, 0.25) is 0 Å². The van der Waals surface area contributed by atoms with Gasteiger partial charge in [-0.1, -0.05) is 37.5 Å². The van der Waals surface area contributed by atoms with Crippen molar-refractivity contribution in [1.82, 2.24) is 15.3 Å². The molecule has 2 aromatic carbocycles. The van der Waals surface area contributed by atoms with Gasteiger partial charge in [0.15, 0.2) is 0 Å². The predicted octanol–water partition coefficient (Wildman–Crippen LogP) is 5.01. The first kappa shape index (κ1) is 19.9. The van der Waals surface area contributed by atoms with E-state index >= 15 is 0 Å². The van der Waals surface area contributed by atoms with E-state index in [1.54, 1.807) is 25.6 Å². The van der Waals surface area contributed by atoms with Gasteiger partial charge in [-0.25, -0.2) is 9.97 Å². The van der Waals surface area contributed by atoms with E-state index in [-0.39, 0.29) is 11.9 Å². The van der Waals surface area contributed by atoms with Gasteiger partial charge in [0.1, 0.15) is 11.5 Å². The van der Waals surface area contributed by atoms with Gasteiger partial charge >= 0.3 is 6.01 Å². The quantitative estimate of drug-likeness (QED) is 0.626. The van der Waals surface area contributed by atoms with Gasteiger partial charge < -0.3 is 14.8 Å². The zero-order chi connectivity index (χ0) is 20.8. The minimum atomic E-state index is -0.00765. The third kappa shape index (κ3) is 4.95. The number of nitrogens with zero attached hydrogens (tertiary/aromatic N) is 2. The Hall–Kier alpha value is -3.41. The predicted molar refractivity (Wildman–Crippen MR) is 115 cm³/mol. The zero-order valence-corrected chi connectivity index (χ0v) is 17.0. The number of carbonyl (C=O) groups excluding carboxylic acids is 1. The Labute approximate surface area is 176 Å². The van der Waals surface area contributed by atoms with Gasteiger partial charge in [-0.15, -0.1) is 0 Å². The van der Waals surface area contributed by atoms with Gasteiger partial charge in [-0.2, -0.15) is 0 Å². The molecule has 6 nitrogen and oxygen atoms in total. The largest absolute Gasteiger partial charge is 0.497 e. The van der Waals surface area contributed by atoms with Crippen LogP contribution in [0.2, 0.25) is 0 Å². The SMILES string of the molecule is COc1cccc(Oc2ncc(-c3ccc(C(=O)NC4CCCCC4)cc3)cn2)c1. The third-order valence-electron chi connectivity index (χ3n) is 5.30. The van der Waals surface area contributed by atoms with E-state index in [1.807, 2.05) is 42.5 Å². The molecule has 1 amide bonds. The standard InChI is InChI=1S/C24H25N3O3/c1-29-21-8-5-9-22(14-21)30-24-25-15-19(16-26-24)17-10-12-18(13-11-17)23(28)27-20-6-3-2-4-7-20/h5,8-16,20H,2-4,6-7H2,1H3,(H,27,28). The van der Waals surface area contributed by atoms with Crippen molar-refractivity contribution in [2.75, 3.05) is 7.11 Å². The number of carbonyl (C=O) groups is 1. The van der Waals surface area contributed by atoms with E-state index in [2.05, 4.69) is 15.3 Å². The Kier molecular flexibility index (Phi) is 6.23. The lowest BCUT2D eigenvalue weighted by atomic mass is 9.95. The number of aromatic nitrogens is 2. The van der Waals surface area contributed by atoms with Crippen LogP contribution < -0.4 is 14.8 Å². The monoisotopic (exact) mass is 403 g/mol. The minimum Gasteiger partial charge on any atom is -0.497 e. The second-order valence-corrected chi connectivity index (χ2v) is 7.42. The molecule has 154 valence electrons. The first-order valence-corrected chi connectivity index (χ1v) is 10.3. The maximum Gasteiger partial charge on any atom is 0.321 e. The summed E-state index contributed by atoms with van der Waals surface area (Å²) in [7, 11) is 1.61. The Balaban J connectivity index is 1.39. The van der Waals surface area contributed by atoms with Crippen LogP contribution in [0.15, 0.2) is 60.9 Å². The second kappa shape index (κ2) is 9.39. The summed E-state index contributed by atoms with van der Waals surface area (Å²) in [5.74, 6) is 1.30. The van der Waals surface area contributed by atoms with Crippen LogP contribution in [-0.4, -0.2) is 29.0 Å². The van der Waals surface area contributed by atoms with E-state index in [0.717, 1.165) is 24.0 Å². The van der Waals surface area contributed by atoms with Crippen LogP contribution in [0.4, 0.5) is 0 Å². The molecule has 0 aliphatic heterocycles. The molecule has 0 unspecified atom stereocenters. The maximum absolute atomic E-state index is 12.5. The van der Waals surface area contributed by atoms with Crippen molar-refractivity contribution in [3.8, 4) is 28.6 Å². The fraction of sp³-hybridized carbons (Fsp3) is 0.292. The van der Waals surface area contributed by atoms with Crippen molar-refractivity contribution >= 4 is 5.91 Å². The smallest absolute Gasteiger partial charge is 0.321 e. The summed E-state index contributed by atoms with van der Waals surface area (Å²) in [5, 5.41) is 3.14. The van der Waals surface area contributed by atoms with Crippen molar-refractivity contribution in [2.24, 2.45) is 0 Å². The summed E-state index contributed by atoms with van der Waals surface area (Å²) < 4.78 is 10.9. The average Bonchev–Trinajstić information content (AvgIpc) is 2.80. The van der Waals surface area contributed by atoms with Crippen LogP contribution in [0.5, 0.6) is 17.5 Å². The lowest BCUT2D eigenvalue weighted by molar-refractivity contribution is 0.0927. The van der Waals surface area contributed by atoms with Crippen LogP contribution in [0.1, 0.15) is 42.5 Å². The van der Waals surface area contributed by atoms with Crippen molar-refractivity contribution in [3.63, 3.8) is 0 Å². The van der Waals surface area contributed by atoms with E-state index in [0.29, 0.717) is 23.1 Å². The lowest BCUT2D eigenvalue weighted by Crippen LogP contribution is -2.36. The highest BCUT2D eigenvalue weighted by atomic mass is 16.5. The highest BCUT2D eigenvalue weighted by Crippen LogP contribution is 2.25. The number of benzene rings is 2. The zero-order valence-electron chi connectivity index (χ0n) is 17.0. The van der Waals surface area contributed by atoms with Crippen molar-refractivity contribution in [3.05, 3.63) is 66.5 Å². The summed E-state index contributed by atoms with van der Waals surface area (Å²) in [6.07, 6.45) is 9.23. The molecule has 3 aromatic rings. The van der Waals surface area contributed by atoms with Crippen LogP contribution in [-0.2, 0) is 0 Å². The molecule has 1 heterocycles. The summed E-state index contributed by atoms with van der Waals surface area (Å²) in [6.45, 7) is 0. The van der Waals surface area contributed by atoms with Crippen molar-refractivity contribution in [2.45, 2.75) is 38.1 Å². The number of hydrogen-bond acceptors (Lipinski definition) is 5. The fourth-order valence-electron chi connectivity index (χ4n) is 3.62. The third-order valence-corrected chi connectivity index (χ3v) is 5.30. The van der Waals surface area contributed by atoms with Gasteiger partial charge in [0.25, 0.3) is 5.91 Å². The molecule has 0 atom stereocenters. The van der Waals surface area contributed by atoms with E-state index in [9.17, 15) is 4.79 Å². The Bertz CT molecular complexity index is 981. The van der Waals surface area contributed by atoms with E-state index in [4.69, 9.17) is 9.47 Å². The number of hydrogen-bond donors (Lipinski definition) is 1. The Morgan fingerprint density at radius 1 is 0.933 bits per heavy atom. The first-order valence-electron chi connectivity index (χ1n) is 10.3. The molecular formula is C24H25N3O3. The lowest BCUT2D eigenvalue weighted by Gasteiger charge is -2.22. The number of methoxy groups -OCH3 is 1. The van der Waals surface area contributed by atoms with Gasteiger partial charge in [-0.3, -0.25) is 4.79 Å². The van der Waals surface area contributed by atoms with Gasteiger partial charge in [0.05, 0.1) is 7.11 Å². The minimum absolute atomic E-state index is 0.00765. The number of nitrogens with one attached hydrogen (secondary N) is 1. The summed E-state index contributed by atoms with van der Waals surface area (Å²) in [4.78, 5) is 21.0. The number of rotatable bonds is 6. The summed E-state index contributed by atoms with van der Waals surface area (Å²) >= 11 is 0. The van der Waals surface area contributed by atoms with Gasteiger partial charge in [0, 0.05) is 35.6 Å². The van der Waals surface area contributed by atoms with Gasteiger partial charge in [-0.05, 0) is 42.7 Å². The molecule has 0 bridgehead atoms. The second-order valence-electron chi connectivity index (χ2n) is 7.42. The molecule has 1 fully saturated rings. The Morgan fingerprint density at radius 2 is 1.63 bits per heavy atom. The molecule has 1 saturated carbocycles. The summed E-state index contributed by atoms with van der Waals surface area (Å²) in [5.41, 5.74) is 2.47. The summed E-state index contributed by atoms with van der Waals surface area (Å²) in [6, 6.07) is 15.3. The highest BCUT2D eigenvalue weighted by Gasteiger charge is 2.16. The highest BCUT2D eigenvalue weighted by molar-refractivity contribution is 5.94. The number of ether oxygens (including phenoxy) is 2. The molecule has 0 saturated heterocycles. The molecule has 1 aromatic heterocycles. The average molecular weight is 403 g/mol. The topological polar surface area (TPSA) is 73.3 Å². The maximum atomic E-state index is 12.5. The molecule has 0 spiro atoms. The van der Waals surface area contributed by atoms with Crippen LogP contribution in [0, 0.1) is 0 Å². The molecule has 1 aliphatic carbocycles. The molecule has 1 N–H and O–H groups in total. The molecule has 1 aliphatic rings. The fourth-order valence-corrected chi connectivity index (χ4v) is 3.62. The molecule has 6 heteroatoms. The van der Waals surface area contributed by atoms with Crippen LogP contribution in [0.3, 0.4) is 0 Å². The van der Waals surface area contributed by atoms with Crippen LogP contribution in [0.25, 0.3) is 11.1 Å². The van der Waals surface area contributed by atoms with E-state index < -0.39 is 0 Å². The normalized spacial score (nSPS) is 14.2. The molecule has 4 rings (SSSR count). The van der Waals surface area contributed by atoms with Crippen LogP contribution >= 0.6 is 0 Å². The number of amides is 1. The molecule has 30 heavy (non-hydrogen) atoms. The van der Waals surface area contributed by atoms with Crippen molar-refractivity contribution < 1.29 is 14.3 Å². The first-order chi connectivity index (χ1) is 14.7.